The number of aromatic nitrogens is 2. The molecule has 3 heterocycles. The van der Waals surface area contributed by atoms with Crippen molar-refractivity contribution in [2.75, 3.05) is 18.0 Å². The molecule has 19 heavy (non-hydrogen) atoms. The van der Waals surface area contributed by atoms with E-state index in [1.54, 1.807) is 17.7 Å². The Balaban J connectivity index is 2.05. The molecule has 5 heteroatoms. The van der Waals surface area contributed by atoms with Gasteiger partial charge < -0.3 is 10.6 Å². The highest BCUT2D eigenvalue weighted by atomic mass is 32.1. The Morgan fingerprint density at radius 3 is 2.89 bits per heavy atom. The second-order valence-electron chi connectivity index (χ2n) is 5.54. The molecule has 0 aliphatic carbocycles. The Hall–Kier alpha value is -1.20. The molecule has 1 saturated heterocycles. The van der Waals surface area contributed by atoms with E-state index in [0.717, 1.165) is 30.2 Å². The van der Waals surface area contributed by atoms with E-state index in [4.69, 9.17) is 5.73 Å². The Labute approximate surface area is 117 Å². The summed E-state index contributed by atoms with van der Waals surface area (Å²) < 4.78 is 0. The van der Waals surface area contributed by atoms with E-state index in [2.05, 4.69) is 35.6 Å². The summed E-state index contributed by atoms with van der Waals surface area (Å²) >= 11 is 1.76. The molecule has 3 rings (SSSR count). The first-order valence-corrected chi connectivity index (χ1v) is 7.60. The lowest BCUT2D eigenvalue weighted by Gasteiger charge is -2.36. The summed E-state index contributed by atoms with van der Waals surface area (Å²) in [4.78, 5) is 13.8. The summed E-state index contributed by atoms with van der Waals surface area (Å²) in [6, 6.07) is 0.318. The molecule has 1 aliphatic rings. The van der Waals surface area contributed by atoms with E-state index in [9.17, 15) is 0 Å². The Morgan fingerprint density at radius 1 is 1.37 bits per heavy atom. The number of hydrogen-bond acceptors (Lipinski definition) is 5. The first kappa shape index (κ1) is 12.8. The number of fused-ring (bicyclic) bond motifs is 1. The topological polar surface area (TPSA) is 55.0 Å². The minimum atomic E-state index is 0.318. The van der Waals surface area contributed by atoms with Gasteiger partial charge in [-0.05, 0) is 31.7 Å². The largest absolute Gasteiger partial charge is 0.356 e. The van der Waals surface area contributed by atoms with Crippen molar-refractivity contribution in [2.45, 2.75) is 33.2 Å². The van der Waals surface area contributed by atoms with Gasteiger partial charge in [-0.15, -0.1) is 11.3 Å². The average Bonchev–Trinajstić information content (AvgIpc) is 2.69. The van der Waals surface area contributed by atoms with Crippen molar-refractivity contribution >= 4 is 27.4 Å². The molecule has 2 N–H and O–H groups in total. The highest BCUT2D eigenvalue weighted by Crippen LogP contribution is 2.35. The van der Waals surface area contributed by atoms with Gasteiger partial charge in [0.1, 0.15) is 17.0 Å². The molecule has 2 aromatic rings. The van der Waals surface area contributed by atoms with Gasteiger partial charge in [0.2, 0.25) is 0 Å². The SMILES string of the molecule is Cc1sc2ncnc(N3CCC(N)C(C)C3)c2c1C. The average molecular weight is 276 g/mol. The third-order valence-corrected chi connectivity index (χ3v) is 5.33. The number of nitrogens with two attached hydrogens (primary N) is 1. The van der Waals surface area contributed by atoms with Crippen LogP contribution >= 0.6 is 11.3 Å². The zero-order valence-electron chi connectivity index (χ0n) is 11.7. The van der Waals surface area contributed by atoms with Crippen LogP contribution in [0.5, 0.6) is 0 Å². The third-order valence-electron chi connectivity index (χ3n) is 4.22. The van der Waals surface area contributed by atoms with Crippen LogP contribution in [-0.2, 0) is 0 Å². The van der Waals surface area contributed by atoms with E-state index >= 15 is 0 Å². The van der Waals surface area contributed by atoms with Crippen molar-refractivity contribution < 1.29 is 0 Å². The second kappa shape index (κ2) is 4.72. The molecule has 1 fully saturated rings. The van der Waals surface area contributed by atoms with Crippen LogP contribution in [0.4, 0.5) is 5.82 Å². The van der Waals surface area contributed by atoms with E-state index < -0.39 is 0 Å². The Bertz CT molecular complexity index is 607. The van der Waals surface area contributed by atoms with E-state index in [0.29, 0.717) is 12.0 Å². The van der Waals surface area contributed by atoms with Gasteiger partial charge in [-0.2, -0.15) is 0 Å². The van der Waals surface area contributed by atoms with Gasteiger partial charge in [-0.3, -0.25) is 0 Å². The number of thiophene rings is 1. The smallest absolute Gasteiger partial charge is 0.141 e. The van der Waals surface area contributed by atoms with Gasteiger partial charge in [0.25, 0.3) is 0 Å². The van der Waals surface area contributed by atoms with Crippen molar-refractivity contribution in [2.24, 2.45) is 11.7 Å². The van der Waals surface area contributed by atoms with E-state index in [-0.39, 0.29) is 0 Å². The van der Waals surface area contributed by atoms with Gasteiger partial charge in [0.15, 0.2) is 0 Å². The summed E-state index contributed by atoms with van der Waals surface area (Å²) in [6.45, 7) is 8.52. The van der Waals surface area contributed by atoms with Crippen molar-refractivity contribution in [3.8, 4) is 0 Å². The molecule has 2 atom stereocenters. The van der Waals surface area contributed by atoms with Crippen LogP contribution in [-0.4, -0.2) is 29.1 Å². The molecule has 0 spiro atoms. The maximum Gasteiger partial charge on any atom is 0.141 e. The van der Waals surface area contributed by atoms with Crippen molar-refractivity contribution in [1.82, 2.24) is 9.97 Å². The zero-order valence-corrected chi connectivity index (χ0v) is 12.5. The van der Waals surface area contributed by atoms with Crippen molar-refractivity contribution in [3.05, 3.63) is 16.8 Å². The standard InChI is InChI=1S/C14H20N4S/c1-8-6-18(5-4-11(8)15)13-12-9(2)10(3)19-14(12)17-7-16-13/h7-8,11H,4-6,15H2,1-3H3. The fourth-order valence-electron chi connectivity index (χ4n) is 2.76. The summed E-state index contributed by atoms with van der Waals surface area (Å²) in [5, 5.41) is 1.23. The molecule has 0 radical (unpaired) electrons. The fourth-order valence-corrected chi connectivity index (χ4v) is 3.75. The Morgan fingerprint density at radius 2 is 2.16 bits per heavy atom. The third kappa shape index (κ3) is 2.11. The van der Waals surface area contributed by atoms with Gasteiger partial charge in [0.05, 0.1) is 5.39 Å². The monoisotopic (exact) mass is 276 g/mol. The number of anilines is 1. The van der Waals surface area contributed by atoms with Gasteiger partial charge in [0, 0.05) is 24.0 Å². The van der Waals surface area contributed by atoms with Gasteiger partial charge >= 0.3 is 0 Å². The molecular formula is C14H20N4S. The zero-order chi connectivity index (χ0) is 13.6. The van der Waals surface area contributed by atoms with Crippen molar-refractivity contribution in [3.63, 3.8) is 0 Å². The van der Waals surface area contributed by atoms with Crippen LogP contribution in [0.1, 0.15) is 23.8 Å². The Kier molecular flexibility index (Phi) is 3.19. The van der Waals surface area contributed by atoms with Crippen LogP contribution in [0.3, 0.4) is 0 Å². The first-order valence-electron chi connectivity index (χ1n) is 6.79. The lowest BCUT2D eigenvalue weighted by atomic mass is 9.94. The number of aryl methyl sites for hydroxylation is 2. The van der Waals surface area contributed by atoms with Crippen LogP contribution < -0.4 is 10.6 Å². The first-order chi connectivity index (χ1) is 9.08. The molecule has 4 nitrogen and oxygen atoms in total. The number of hydrogen-bond donors (Lipinski definition) is 1. The highest BCUT2D eigenvalue weighted by molar-refractivity contribution is 7.18. The normalized spacial score (nSPS) is 24.1. The number of nitrogens with zero attached hydrogens (tertiary/aromatic N) is 3. The van der Waals surface area contributed by atoms with E-state index in [1.165, 1.54) is 15.8 Å². The quantitative estimate of drug-likeness (QED) is 0.869. The molecule has 0 aromatic carbocycles. The second-order valence-corrected chi connectivity index (χ2v) is 6.74. The van der Waals surface area contributed by atoms with E-state index in [1.807, 2.05) is 0 Å². The molecule has 0 saturated carbocycles. The minimum absolute atomic E-state index is 0.318. The summed E-state index contributed by atoms with van der Waals surface area (Å²) in [5.74, 6) is 1.60. The predicted molar refractivity (Wildman–Crippen MR) is 80.9 cm³/mol. The lowest BCUT2D eigenvalue weighted by Crippen LogP contribution is -2.46. The van der Waals surface area contributed by atoms with Gasteiger partial charge in [-0.25, -0.2) is 9.97 Å². The molecule has 2 unspecified atom stereocenters. The molecular weight excluding hydrogens is 256 g/mol. The molecule has 2 aromatic heterocycles. The van der Waals surface area contributed by atoms with Crippen LogP contribution in [0, 0.1) is 19.8 Å². The highest BCUT2D eigenvalue weighted by Gasteiger charge is 2.26. The maximum atomic E-state index is 6.11. The van der Waals surface area contributed by atoms with Crippen molar-refractivity contribution in [1.29, 1.82) is 0 Å². The van der Waals surface area contributed by atoms with Crippen LogP contribution in [0.2, 0.25) is 0 Å². The summed E-state index contributed by atoms with van der Waals surface area (Å²) in [7, 11) is 0. The number of rotatable bonds is 1. The van der Waals surface area contributed by atoms with Gasteiger partial charge in [-0.1, -0.05) is 6.92 Å². The number of piperidine rings is 1. The molecule has 0 bridgehead atoms. The lowest BCUT2D eigenvalue weighted by molar-refractivity contribution is 0.382. The fraction of sp³-hybridized carbons (Fsp3) is 0.571. The van der Waals surface area contributed by atoms with Crippen LogP contribution in [0.15, 0.2) is 6.33 Å². The van der Waals surface area contributed by atoms with Crippen LogP contribution in [0.25, 0.3) is 10.2 Å². The minimum Gasteiger partial charge on any atom is -0.356 e. The summed E-state index contributed by atoms with van der Waals surface area (Å²) in [6.07, 6.45) is 2.72. The predicted octanol–water partition coefficient (Wildman–Crippen LogP) is 2.48. The maximum absolute atomic E-state index is 6.11. The molecule has 1 aliphatic heterocycles. The molecule has 102 valence electrons. The summed E-state index contributed by atoms with van der Waals surface area (Å²) in [5.41, 5.74) is 7.43. The molecule has 0 amide bonds.